The molecule has 108 valence electrons. The molecule has 1 atom stereocenters. The predicted octanol–water partition coefficient (Wildman–Crippen LogP) is 1.62. The van der Waals surface area contributed by atoms with E-state index in [4.69, 9.17) is 5.73 Å². The zero-order valence-corrected chi connectivity index (χ0v) is 11.9. The number of allylic oxidation sites excluding steroid dienone is 1. The number of aliphatic imine (C=N–C) groups is 1. The molecule has 1 heterocycles. The van der Waals surface area contributed by atoms with Crippen LogP contribution in [0.3, 0.4) is 0 Å². The van der Waals surface area contributed by atoms with Crippen molar-refractivity contribution in [3.05, 3.63) is 35.8 Å². The first-order valence-corrected chi connectivity index (χ1v) is 6.78. The molecule has 0 aliphatic carbocycles. The summed E-state index contributed by atoms with van der Waals surface area (Å²) in [6, 6.07) is 5.36. The Balaban J connectivity index is 2.37. The summed E-state index contributed by atoms with van der Waals surface area (Å²) in [6.45, 7) is 4.81. The molecule has 5 heteroatoms. The van der Waals surface area contributed by atoms with Crippen LogP contribution in [0.25, 0.3) is 5.57 Å². The zero-order chi connectivity index (χ0) is 14.5. The molecule has 20 heavy (non-hydrogen) atoms. The van der Waals surface area contributed by atoms with Gasteiger partial charge in [0, 0.05) is 56.4 Å². The fraction of sp³-hybridized carbons (Fsp3) is 0.400. The number of halogens is 1. The Labute approximate surface area is 119 Å². The Morgan fingerprint density at radius 3 is 2.95 bits per heavy atom. The van der Waals surface area contributed by atoms with Crippen molar-refractivity contribution in [2.24, 2.45) is 10.7 Å². The van der Waals surface area contributed by atoms with Crippen LogP contribution in [0.15, 0.2) is 29.4 Å². The monoisotopic (exact) mass is 276 g/mol. The van der Waals surface area contributed by atoms with E-state index in [0.29, 0.717) is 6.04 Å². The summed E-state index contributed by atoms with van der Waals surface area (Å²) >= 11 is 0. The highest BCUT2D eigenvalue weighted by molar-refractivity contribution is 6.09. The van der Waals surface area contributed by atoms with Gasteiger partial charge in [0.2, 0.25) is 0 Å². The summed E-state index contributed by atoms with van der Waals surface area (Å²) < 4.78 is 13.9. The lowest BCUT2D eigenvalue weighted by molar-refractivity contribution is 0.499. The maximum absolute atomic E-state index is 13.9. The summed E-state index contributed by atoms with van der Waals surface area (Å²) in [7, 11) is 1.67. The third-order valence-electron chi connectivity index (χ3n) is 3.50. The molecule has 0 aromatic heterocycles. The van der Waals surface area contributed by atoms with Crippen LogP contribution in [0.4, 0.5) is 10.1 Å². The molecule has 1 aromatic carbocycles. The maximum atomic E-state index is 13.9. The fourth-order valence-corrected chi connectivity index (χ4v) is 2.48. The Hall–Kier alpha value is -1.88. The molecule has 0 radical (unpaired) electrons. The van der Waals surface area contributed by atoms with E-state index >= 15 is 0 Å². The molecule has 0 saturated carbocycles. The van der Waals surface area contributed by atoms with Crippen molar-refractivity contribution >= 4 is 17.5 Å². The van der Waals surface area contributed by atoms with E-state index in [-0.39, 0.29) is 5.82 Å². The van der Waals surface area contributed by atoms with Crippen molar-refractivity contribution in [2.45, 2.75) is 13.0 Å². The molecule has 1 fully saturated rings. The SMILES string of the molecule is C/N=C\C(=C/N)c1cc(F)cc(N2CCNC[C@@H]2C)c1. The molecule has 1 aromatic rings. The van der Waals surface area contributed by atoms with Gasteiger partial charge < -0.3 is 16.0 Å². The van der Waals surface area contributed by atoms with Crippen LogP contribution in [0.1, 0.15) is 12.5 Å². The van der Waals surface area contributed by atoms with Crippen LogP contribution in [0.5, 0.6) is 0 Å². The Morgan fingerprint density at radius 1 is 1.50 bits per heavy atom. The third kappa shape index (κ3) is 3.17. The van der Waals surface area contributed by atoms with Crippen molar-refractivity contribution in [3.8, 4) is 0 Å². The normalized spacial score (nSPS) is 20.6. The van der Waals surface area contributed by atoms with Gasteiger partial charge in [0.1, 0.15) is 5.82 Å². The van der Waals surface area contributed by atoms with E-state index in [0.717, 1.165) is 36.5 Å². The first-order valence-electron chi connectivity index (χ1n) is 6.78. The number of rotatable bonds is 3. The van der Waals surface area contributed by atoms with Crippen molar-refractivity contribution in [2.75, 3.05) is 31.6 Å². The van der Waals surface area contributed by atoms with Crippen LogP contribution in [0.2, 0.25) is 0 Å². The number of hydrogen-bond acceptors (Lipinski definition) is 4. The second-order valence-corrected chi connectivity index (χ2v) is 4.95. The number of hydrogen-bond donors (Lipinski definition) is 2. The number of nitrogens with zero attached hydrogens (tertiary/aromatic N) is 2. The molecule has 0 amide bonds. The van der Waals surface area contributed by atoms with Crippen LogP contribution < -0.4 is 16.0 Å². The summed E-state index contributed by atoms with van der Waals surface area (Å²) in [5.41, 5.74) is 7.95. The summed E-state index contributed by atoms with van der Waals surface area (Å²) in [4.78, 5) is 6.16. The number of anilines is 1. The van der Waals surface area contributed by atoms with Gasteiger partial charge in [-0.05, 0) is 30.7 Å². The lowest BCUT2D eigenvalue weighted by Crippen LogP contribution is -2.50. The Bertz CT molecular complexity index is 525. The summed E-state index contributed by atoms with van der Waals surface area (Å²) in [5, 5.41) is 3.33. The lowest BCUT2D eigenvalue weighted by atomic mass is 10.0. The van der Waals surface area contributed by atoms with E-state index in [1.807, 2.05) is 6.07 Å². The number of piperazine rings is 1. The highest BCUT2D eigenvalue weighted by Crippen LogP contribution is 2.24. The van der Waals surface area contributed by atoms with Gasteiger partial charge in [0.25, 0.3) is 0 Å². The van der Waals surface area contributed by atoms with Crippen molar-refractivity contribution in [1.82, 2.24) is 5.32 Å². The molecule has 1 aliphatic rings. The van der Waals surface area contributed by atoms with E-state index in [1.54, 1.807) is 19.3 Å². The summed E-state index contributed by atoms with van der Waals surface area (Å²) in [6.07, 6.45) is 3.09. The van der Waals surface area contributed by atoms with E-state index in [2.05, 4.69) is 22.1 Å². The number of benzene rings is 1. The molecule has 0 bridgehead atoms. The molecule has 2 rings (SSSR count). The van der Waals surface area contributed by atoms with Gasteiger partial charge in [-0.1, -0.05) is 0 Å². The highest BCUT2D eigenvalue weighted by atomic mass is 19.1. The topological polar surface area (TPSA) is 53.6 Å². The molecular weight excluding hydrogens is 255 g/mol. The van der Waals surface area contributed by atoms with Crippen molar-refractivity contribution < 1.29 is 4.39 Å². The second kappa shape index (κ2) is 6.52. The highest BCUT2D eigenvalue weighted by Gasteiger charge is 2.19. The maximum Gasteiger partial charge on any atom is 0.125 e. The molecule has 4 nitrogen and oxygen atoms in total. The van der Waals surface area contributed by atoms with Gasteiger partial charge in [-0.3, -0.25) is 4.99 Å². The minimum absolute atomic E-state index is 0.257. The molecule has 1 aliphatic heterocycles. The van der Waals surface area contributed by atoms with Crippen molar-refractivity contribution in [3.63, 3.8) is 0 Å². The molecular formula is C15H21FN4. The summed E-state index contributed by atoms with van der Waals surface area (Å²) in [5.74, 6) is -0.257. The van der Waals surface area contributed by atoms with E-state index in [1.165, 1.54) is 12.3 Å². The quantitative estimate of drug-likeness (QED) is 0.825. The molecule has 1 saturated heterocycles. The standard InChI is InChI=1S/C15H21FN4/c1-11-9-19-3-4-20(11)15-6-12(5-14(16)7-15)13(8-17)10-18-2/h5-8,10-11,19H,3-4,9,17H2,1-2H3/b13-8+,18-10-/t11-/m0/s1. The van der Waals surface area contributed by atoms with Gasteiger partial charge in [0.05, 0.1) is 0 Å². The van der Waals surface area contributed by atoms with Gasteiger partial charge in [-0.15, -0.1) is 0 Å². The zero-order valence-electron chi connectivity index (χ0n) is 11.9. The smallest absolute Gasteiger partial charge is 0.125 e. The van der Waals surface area contributed by atoms with Gasteiger partial charge in [-0.2, -0.15) is 0 Å². The first-order chi connectivity index (χ1) is 9.65. The molecule has 3 N–H and O–H groups in total. The van der Waals surface area contributed by atoms with Gasteiger partial charge in [0.15, 0.2) is 0 Å². The van der Waals surface area contributed by atoms with Crippen LogP contribution in [-0.2, 0) is 0 Å². The van der Waals surface area contributed by atoms with E-state index < -0.39 is 0 Å². The average Bonchev–Trinajstić information content (AvgIpc) is 2.44. The average molecular weight is 276 g/mol. The van der Waals surface area contributed by atoms with Gasteiger partial charge >= 0.3 is 0 Å². The van der Waals surface area contributed by atoms with Crippen LogP contribution >= 0.6 is 0 Å². The predicted molar refractivity (Wildman–Crippen MR) is 82.7 cm³/mol. The molecule has 0 spiro atoms. The van der Waals surface area contributed by atoms with Crippen LogP contribution in [0, 0.1) is 5.82 Å². The first kappa shape index (κ1) is 14.5. The molecule has 0 unspecified atom stereocenters. The lowest BCUT2D eigenvalue weighted by Gasteiger charge is -2.36. The van der Waals surface area contributed by atoms with Crippen molar-refractivity contribution in [1.29, 1.82) is 0 Å². The Morgan fingerprint density at radius 2 is 2.30 bits per heavy atom. The minimum atomic E-state index is -0.257. The van der Waals surface area contributed by atoms with Crippen LogP contribution in [-0.4, -0.2) is 38.9 Å². The minimum Gasteiger partial charge on any atom is -0.404 e. The second-order valence-electron chi connectivity index (χ2n) is 4.95. The Kier molecular flexibility index (Phi) is 4.74. The fourth-order valence-electron chi connectivity index (χ4n) is 2.48. The van der Waals surface area contributed by atoms with E-state index in [9.17, 15) is 4.39 Å². The van der Waals surface area contributed by atoms with Gasteiger partial charge in [-0.25, -0.2) is 4.39 Å². The largest absolute Gasteiger partial charge is 0.404 e. The number of nitrogens with one attached hydrogen (secondary N) is 1. The third-order valence-corrected chi connectivity index (χ3v) is 3.50. The number of nitrogens with two attached hydrogens (primary N) is 1.